The molecule has 5 heteroatoms. The Morgan fingerprint density at radius 1 is 1.26 bits per heavy atom. The van der Waals surface area contributed by atoms with Crippen molar-refractivity contribution in [3.8, 4) is 0 Å². The lowest BCUT2D eigenvalue weighted by Crippen LogP contribution is -2.27. The van der Waals surface area contributed by atoms with Crippen LogP contribution in [-0.2, 0) is 0 Å². The van der Waals surface area contributed by atoms with Crippen LogP contribution in [0, 0.1) is 5.92 Å². The fourth-order valence-corrected chi connectivity index (χ4v) is 3.34. The number of aromatic nitrogens is 1. The lowest BCUT2D eigenvalue weighted by atomic mass is 9.89. The van der Waals surface area contributed by atoms with Crippen molar-refractivity contribution < 1.29 is 0 Å². The molecule has 0 spiro atoms. The highest BCUT2D eigenvalue weighted by molar-refractivity contribution is 6.37. The van der Waals surface area contributed by atoms with E-state index in [0.717, 1.165) is 18.3 Å². The maximum absolute atomic E-state index is 6.25. The van der Waals surface area contributed by atoms with E-state index in [0.29, 0.717) is 15.9 Å². The Hall–Kier alpha value is -0.670. The highest BCUT2D eigenvalue weighted by Crippen LogP contribution is 2.32. The molecule has 1 N–H and O–H groups in total. The molecule has 2 rings (SSSR count). The van der Waals surface area contributed by atoms with Gasteiger partial charge in [0.2, 0.25) is 0 Å². The van der Waals surface area contributed by atoms with Crippen LogP contribution in [0.2, 0.25) is 10.0 Å². The molecule has 3 nitrogen and oxygen atoms in total. The summed E-state index contributed by atoms with van der Waals surface area (Å²) in [6.45, 7) is 1.01. The molecule has 1 saturated carbocycles. The van der Waals surface area contributed by atoms with Crippen LogP contribution >= 0.6 is 23.2 Å². The quantitative estimate of drug-likeness (QED) is 0.891. The number of hydrogen-bond acceptors (Lipinski definition) is 3. The normalized spacial score (nSPS) is 16.4. The topological polar surface area (TPSA) is 28.2 Å². The van der Waals surface area contributed by atoms with Gasteiger partial charge < -0.3 is 10.2 Å². The Morgan fingerprint density at radius 3 is 2.58 bits per heavy atom. The first-order valence-electron chi connectivity index (χ1n) is 6.86. The molecule has 106 valence electrons. The van der Waals surface area contributed by atoms with Crippen LogP contribution in [0.25, 0.3) is 0 Å². The van der Waals surface area contributed by atoms with E-state index in [2.05, 4.69) is 22.2 Å². The fraction of sp³-hybridized carbons (Fsp3) is 0.643. The molecule has 0 amide bonds. The number of hydrogen-bond donors (Lipinski definition) is 1. The summed E-state index contributed by atoms with van der Waals surface area (Å²) in [6.07, 6.45) is 6.71. The molecule has 0 bridgehead atoms. The van der Waals surface area contributed by atoms with Gasteiger partial charge in [0.05, 0.1) is 10.0 Å². The zero-order chi connectivity index (χ0) is 13.8. The van der Waals surface area contributed by atoms with Gasteiger partial charge in [-0.15, -0.1) is 0 Å². The second-order valence-corrected chi connectivity index (χ2v) is 6.07. The summed E-state index contributed by atoms with van der Waals surface area (Å²) in [4.78, 5) is 6.65. The monoisotopic (exact) mass is 301 g/mol. The van der Waals surface area contributed by atoms with Gasteiger partial charge in [-0.05, 0) is 24.8 Å². The smallest absolute Gasteiger partial charge is 0.149 e. The number of nitrogens with zero attached hydrogens (tertiary/aromatic N) is 2. The van der Waals surface area contributed by atoms with Gasteiger partial charge in [0.25, 0.3) is 0 Å². The van der Waals surface area contributed by atoms with Crippen LogP contribution in [0.4, 0.5) is 11.6 Å². The third-order valence-electron chi connectivity index (χ3n) is 3.77. The third-order valence-corrected chi connectivity index (χ3v) is 4.33. The average molecular weight is 302 g/mol. The first-order valence-corrected chi connectivity index (χ1v) is 7.62. The number of halogens is 2. The van der Waals surface area contributed by atoms with E-state index < -0.39 is 0 Å². The minimum absolute atomic E-state index is 0.558. The van der Waals surface area contributed by atoms with E-state index in [1.165, 1.54) is 32.1 Å². The van der Waals surface area contributed by atoms with Crippen molar-refractivity contribution in [1.29, 1.82) is 0 Å². The second-order valence-electron chi connectivity index (χ2n) is 5.26. The third kappa shape index (κ3) is 3.67. The van der Waals surface area contributed by atoms with Gasteiger partial charge >= 0.3 is 0 Å². The van der Waals surface area contributed by atoms with Crippen molar-refractivity contribution in [3.05, 3.63) is 16.1 Å². The largest absolute Gasteiger partial charge is 0.372 e. The first-order chi connectivity index (χ1) is 9.11. The van der Waals surface area contributed by atoms with Gasteiger partial charge in [-0.3, -0.25) is 0 Å². The maximum atomic E-state index is 6.25. The number of nitrogens with one attached hydrogen (secondary N) is 1. The molecule has 1 fully saturated rings. The van der Waals surface area contributed by atoms with E-state index in [4.69, 9.17) is 23.2 Å². The number of rotatable bonds is 4. The predicted octanol–water partition coefficient (Wildman–Crippen LogP) is 4.45. The van der Waals surface area contributed by atoms with Crippen molar-refractivity contribution in [2.75, 3.05) is 30.9 Å². The summed E-state index contributed by atoms with van der Waals surface area (Å²) >= 11 is 12.3. The number of pyridine rings is 1. The summed E-state index contributed by atoms with van der Waals surface area (Å²) in [5, 5.41) is 4.16. The lowest BCUT2D eigenvalue weighted by molar-refractivity contribution is 0.361. The molecule has 1 aromatic rings. The highest BCUT2D eigenvalue weighted by atomic mass is 35.5. The summed E-state index contributed by atoms with van der Waals surface area (Å²) < 4.78 is 0. The van der Waals surface area contributed by atoms with E-state index in [1.807, 2.05) is 7.05 Å². The summed E-state index contributed by atoms with van der Waals surface area (Å²) in [5.41, 5.74) is 0. The van der Waals surface area contributed by atoms with Gasteiger partial charge in [-0.25, -0.2) is 4.98 Å². The molecule has 0 atom stereocenters. The van der Waals surface area contributed by atoms with Crippen molar-refractivity contribution in [3.63, 3.8) is 0 Å². The fourth-order valence-electron chi connectivity index (χ4n) is 2.74. The Balaban J connectivity index is 2.11. The Bertz CT molecular complexity index is 431. The first kappa shape index (κ1) is 14.7. The number of anilines is 2. The Kier molecular flexibility index (Phi) is 5.17. The molecule has 0 radical (unpaired) electrons. The second kappa shape index (κ2) is 6.67. The maximum Gasteiger partial charge on any atom is 0.149 e. The molecule has 1 heterocycles. The van der Waals surface area contributed by atoms with Crippen molar-refractivity contribution >= 4 is 34.8 Å². The van der Waals surface area contributed by atoms with Crippen LogP contribution in [-0.4, -0.2) is 25.6 Å². The minimum Gasteiger partial charge on any atom is -0.372 e. The molecular weight excluding hydrogens is 281 g/mol. The highest BCUT2D eigenvalue weighted by Gasteiger charge is 2.18. The van der Waals surface area contributed by atoms with E-state index in [1.54, 1.807) is 6.07 Å². The summed E-state index contributed by atoms with van der Waals surface area (Å²) in [5.74, 6) is 2.24. The van der Waals surface area contributed by atoms with Gasteiger partial charge in [-0.2, -0.15) is 0 Å². The Morgan fingerprint density at radius 2 is 1.95 bits per heavy atom. The molecular formula is C14H21Cl2N3. The van der Waals surface area contributed by atoms with Crippen LogP contribution in [0.15, 0.2) is 6.07 Å². The molecule has 1 aliphatic carbocycles. The van der Waals surface area contributed by atoms with E-state index in [-0.39, 0.29) is 0 Å². The van der Waals surface area contributed by atoms with Crippen LogP contribution < -0.4 is 10.2 Å². The molecule has 19 heavy (non-hydrogen) atoms. The average Bonchev–Trinajstić information content (AvgIpc) is 2.40. The van der Waals surface area contributed by atoms with Crippen molar-refractivity contribution in [2.24, 2.45) is 5.92 Å². The molecule has 1 aromatic heterocycles. The predicted molar refractivity (Wildman–Crippen MR) is 83.6 cm³/mol. The lowest BCUT2D eigenvalue weighted by Gasteiger charge is -2.28. The van der Waals surface area contributed by atoms with Gasteiger partial charge in [-0.1, -0.05) is 42.5 Å². The van der Waals surface area contributed by atoms with E-state index in [9.17, 15) is 0 Å². The van der Waals surface area contributed by atoms with Crippen LogP contribution in [0.5, 0.6) is 0 Å². The van der Waals surface area contributed by atoms with Crippen LogP contribution in [0.1, 0.15) is 32.1 Å². The van der Waals surface area contributed by atoms with Crippen molar-refractivity contribution in [2.45, 2.75) is 32.1 Å². The van der Waals surface area contributed by atoms with Gasteiger partial charge in [0.15, 0.2) is 0 Å². The molecule has 0 unspecified atom stereocenters. The van der Waals surface area contributed by atoms with Gasteiger partial charge in [0.1, 0.15) is 11.6 Å². The van der Waals surface area contributed by atoms with E-state index >= 15 is 0 Å². The Labute approximate surface area is 125 Å². The molecule has 1 aliphatic rings. The zero-order valence-electron chi connectivity index (χ0n) is 11.5. The van der Waals surface area contributed by atoms with Crippen molar-refractivity contribution in [1.82, 2.24) is 4.98 Å². The SMILES string of the molecule is CNc1nc(N(C)CC2CCCCC2)c(Cl)cc1Cl. The summed E-state index contributed by atoms with van der Waals surface area (Å²) in [7, 11) is 3.86. The molecule has 0 aromatic carbocycles. The van der Waals surface area contributed by atoms with Gasteiger partial charge in [0, 0.05) is 20.6 Å². The summed E-state index contributed by atoms with van der Waals surface area (Å²) in [6, 6.07) is 1.76. The molecule has 0 saturated heterocycles. The van der Waals surface area contributed by atoms with Crippen LogP contribution in [0.3, 0.4) is 0 Å². The zero-order valence-corrected chi connectivity index (χ0v) is 13.1. The molecule has 0 aliphatic heterocycles. The minimum atomic E-state index is 0.558. The standard InChI is InChI=1S/C14H21Cl2N3/c1-17-13-11(15)8-12(16)14(18-13)19(2)9-10-6-4-3-5-7-10/h8,10H,3-7,9H2,1-2H3,(H,17,18).